The van der Waals surface area contributed by atoms with Gasteiger partial charge in [0.1, 0.15) is 17.3 Å². The lowest BCUT2D eigenvalue weighted by Gasteiger charge is -2.14. The van der Waals surface area contributed by atoms with Crippen LogP contribution in [0.4, 0.5) is 0 Å². The van der Waals surface area contributed by atoms with E-state index < -0.39 is 10.0 Å². The number of rotatable bonds is 8. The number of hydrogen-bond acceptors (Lipinski definition) is 4. The van der Waals surface area contributed by atoms with Crippen LogP contribution in [0.3, 0.4) is 0 Å². The van der Waals surface area contributed by atoms with Crippen molar-refractivity contribution in [3.8, 4) is 5.75 Å². The highest BCUT2D eigenvalue weighted by atomic mass is 35.5. The highest BCUT2D eigenvalue weighted by Crippen LogP contribution is 2.24. The number of halogens is 2. The summed E-state index contributed by atoms with van der Waals surface area (Å²) in [6.07, 6.45) is 0.427. The van der Waals surface area contributed by atoms with Gasteiger partial charge in [0.15, 0.2) is 0 Å². The Morgan fingerprint density at radius 1 is 1.20 bits per heavy atom. The smallest absolute Gasteiger partial charge is 0.242 e. The van der Waals surface area contributed by atoms with Crippen molar-refractivity contribution in [2.45, 2.75) is 24.3 Å². The summed E-state index contributed by atoms with van der Waals surface area (Å²) in [5.41, 5.74) is 7.07. The van der Waals surface area contributed by atoms with Crippen molar-refractivity contribution in [1.82, 2.24) is 4.72 Å². The zero-order valence-corrected chi connectivity index (χ0v) is 16.0. The molecule has 0 aromatic heterocycles. The van der Waals surface area contributed by atoms with E-state index in [2.05, 4.69) is 4.72 Å². The van der Waals surface area contributed by atoms with E-state index in [1.54, 1.807) is 0 Å². The van der Waals surface area contributed by atoms with Crippen LogP contribution >= 0.6 is 23.2 Å². The lowest BCUT2D eigenvalue weighted by atomic mass is 10.2. The third kappa shape index (κ3) is 6.17. The summed E-state index contributed by atoms with van der Waals surface area (Å²) in [4.78, 5) is -0.0110. The first kappa shape index (κ1) is 20.0. The zero-order chi connectivity index (χ0) is 18.4. The summed E-state index contributed by atoms with van der Waals surface area (Å²) < 4.78 is 32.6. The molecule has 8 heteroatoms. The summed E-state index contributed by atoms with van der Waals surface area (Å²) in [7, 11) is -3.71. The second-order valence-corrected chi connectivity index (χ2v) is 8.23. The SMILES string of the molecule is Cc1cccc(OCC(N)CCNS(=O)(=O)c2ccc(Cl)cc2Cl)c1. The molecule has 0 bridgehead atoms. The standard InChI is InChI=1S/C17H20Cl2N2O3S/c1-12-3-2-4-15(9-12)24-11-14(20)7-8-21-25(22,23)17-6-5-13(18)10-16(17)19/h2-6,9-10,14,21H,7-8,11,20H2,1H3. The predicted molar refractivity (Wildman–Crippen MR) is 101 cm³/mol. The largest absolute Gasteiger partial charge is 0.492 e. The summed E-state index contributed by atoms with van der Waals surface area (Å²) in [6, 6.07) is 11.6. The first-order valence-corrected chi connectivity index (χ1v) is 9.91. The lowest BCUT2D eigenvalue weighted by Crippen LogP contribution is -2.34. The van der Waals surface area contributed by atoms with E-state index in [0.29, 0.717) is 18.1 Å². The van der Waals surface area contributed by atoms with Crippen LogP contribution in [0.5, 0.6) is 5.75 Å². The highest BCUT2D eigenvalue weighted by Gasteiger charge is 2.18. The molecule has 5 nitrogen and oxygen atoms in total. The second kappa shape index (κ2) is 8.87. The number of aryl methyl sites for hydroxylation is 1. The molecule has 0 radical (unpaired) electrons. The zero-order valence-electron chi connectivity index (χ0n) is 13.7. The van der Waals surface area contributed by atoms with Crippen molar-refractivity contribution in [2.24, 2.45) is 5.73 Å². The molecule has 2 rings (SSSR count). The van der Waals surface area contributed by atoms with Crippen LogP contribution in [0, 0.1) is 6.92 Å². The number of hydrogen-bond donors (Lipinski definition) is 2. The minimum atomic E-state index is -3.71. The van der Waals surface area contributed by atoms with Crippen molar-refractivity contribution < 1.29 is 13.2 Å². The number of sulfonamides is 1. The Labute approximate surface area is 158 Å². The molecule has 0 aliphatic heterocycles. The van der Waals surface area contributed by atoms with Crippen LogP contribution in [0.1, 0.15) is 12.0 Å². The summed E-state index contributed by atoms with van der Waals surface area (Å²) in [5.74, 6) is 0.740. The van der Waals surface area contributed by atoms with Crippen LogP contribution in [0.15, 0.2) is 47.4 Å². The van der Waals surface area contributed by atoms with Gasteiger partial charge in [-0.05, 0) is 49.2 Å². The van der Waals surface area contributed by atoms with Gasteiger partial charge in [-0.2, -0.15) is 0 Å². The van der Waals surface area contributed by atoms with Crippen LogP contribution in [0.2, 0.25) is 10.0 Å². The Balaban J connectivity index is 1.82. The van der Waals surface area contributed by atoms with Crippen LogP contribution in [-0.4, -0.2) is 27.6 Å². The average Bonchev–Trinajstić information content (AvgIpc) is 2.52. The van der Waals surface area contributed by atoms with Gasteiger partial charge in [0.05, 0.1) is 5.02 Å². The molecule has 0 saturated carbocycles. The van der Waals surface area contributed by atoms with Gasteiger partial charge in [-0.1, -0.05) is 35.3 Å². The van der Waals surface area contributed by atoms with Gasteiger partial charge in [-0.3, -0.25) is 0 Å². The fraction of sp³-hybridized carbons (Fsp3) is 0.294. The molecule has 2 aromatic rings. The van der Waals surface area contributed by atoms with E-state index in [1.165, 1.54) is 18.2 Å². The molecule has 0 spiro atoms. The van der Waals surface area contributed by atoms with E-state index >= 15 is 0 Å². The number of nitrogens with one attached hydrogen (secondary N) is 1. The molecule has 0 heterocycles. The molecule has 1 unspecified atom stereocenters. The van der Waals surface area contributed by atoms with Crippen molar-refractivity contribution in [3.05, 3.63) is 58.1 Å². The van der Waals surface area contributed by atoms with E-state index in [4.69, 9.17) is 33.7 Å². The van der Waals surface area contributed by atoms with Gasteiger partial charge >= 0.3 is 0 Å². The van der Waals surface area contributed by atoms with Crippen LogP contribution in [-0.2, 0) is 10.0 Å². The highest BCUT2D eigenvalue weighted by molar-refractivity contribution is 7.89. The Hall–Kier alpha value is -1.31. The number of nitrogens with two attached hydrogens (primary N) is 1. The van der Waals surface area contributed by atoms with Crippen LogP contribution < -0.4 is 15.2 Å². The summed E-state index contributed by atoms with van der Waals surface area (Å²) in [5, 5.41) is 0.450. The maximum atomic E-state index is 12.3. The monoisotopic (exact) mass is 402 g/mol. The number of ether oxygens (including phenoxy) is 1. The topological polar surface area (TPSA) is 81.4 Å². The number of benzene rings is 2. The Kier molecular flexibility index (Phi) is 7.10. The maximum absolute atomic E-state index is 12.3. The maximum Gasteiger partial charge on any atom is 0.242 e. The van der Waals surface area contributed by atoms with Crippen molar-refractivity contribution in [2.75, 3.05) is 13.2 Å². The van der Waals surface area contributed by atoms with Crippen molar-refractivity contribution in [3.63, 3.8) is 0 Å². The average molecular weight is 403 g/mol. The summed E-state index contributed by atoms with van der Waals surface area (Å²) in [6.45, 7) is 2.45. The molecule has 25 heavy (non-hydrogen) atoms. The van der Waals surface area contributed by atoms with Gasteiger partial charge in [0.25, 0.3) is 0 Å². The Morgan fingerprint density at radius 2 is 1.96 bits per heavy atom. The van der Waals surface area contributed by atoms with Crippen molar-refractivity contribution >= 4 is 33.2 Å². The minimum absolute atomic E-state index is 0.0110. The molecule has 136 valence electrons. The Morgan fingerprint density at radius 3 is 2.64 bits per heavy atom. The molecular weight excluding hydrogens is 383 g/mol. The van der Waals surface area contributed by atoms with E-state index in [0.717, 1.165) is 11.3 Å². The first-order chi connectivity index (χ1) is 11.8. The van der Waals surface area contributed by atoms with E-state index in [1.807, 2.05) is 31.2 Å². The van der Waals surface area contributed by atoms with Crippen molar-refractivity contribution in [1.29, 1.82) is 0 Å². The molecule has 0 saturated heterocycles. The molecule has 1 atom stereocenters. The van der Waals surface area contributed by atoms with Gasteiger partial charge in [0.2, 0.25) is 10.0 Å². The first-order valence-electron chi connectivity index (χ1n) is 7.68. The van der Waals surface area contributed by atoms with E-state index in [9.17, 15) is 8.42 Å². The molecule has 0 amide bonds. The molecule has 3 N–H and O–H groups in total. The second-order valence-electron chi connectivity index (χ2n) is 5.65. The lowest BCUT2D eigenvalue weighted by molar-refractivity contribution is 0.282. The Bertz CT molecular complexity index is 828. The minimum Gasteiger partial charge on any atom is -0.492 e. The van der Waals surface area contributed by atoms with Crippen LogP contribution in [0.25, 0.3) is 0 Å². The molecule has 0 aliphatic carbocycles. The molecule has 2 aromatic carbocycles. The normalized spacial score (nSPS) is 12.8. The quantitative estimate of drug-likeness (QED) is 0.708. The van der Waals surface area contributed by atoms with Gasteiger partial charge < -0.3 is 10.5 Å². The van der Waals surface area contributed by atoms with Gasteiger partial charge in [-0.15, -0.1) is 0 Å². The van der Waals surface area contributed by atoms with Gasteiger partial charge in [-0.25, -0.2) is 13.1 Å². The molecular formula is C17H20Cl2N2O3S. The third-order valence-electron chi connectivity index (χ3n) is 3.44. The van der Waals surface area contributed by atoms with Gasteiger partial charge in [0, 0.05) is 17.6 Å². The molecule has 0 aliphatic rings. The third-order valence-corrected chi connectivity index (χ3v) is 5.62. The predicted octanol–water partition coefficient (Wildman–Crippen LogP) is 3.38. The summed E-state index contributed by atoms with van der Waals surface area (Å²) >= 11 is 11.7. The fourth-order valence-electron chi connectivity index (χ4n) is 2.14. The molecule has 0 fully saturated rings. The van der Waals surface area contributed by atoms with E-state index in [-0.39, 0.29) is 22.5 Å². The fourth-order valence-corrected chi connectivity index (χ4v) is 3.96.